The van der Waals surface area contributed by atoms with Crippen LogP contribution >= 0.6 is 0 Å². The summed E-state index contributed by atoms with van der Waals surface area (Å²) in [4.78, 5) is 22.3. The lowest BCUT2D eigenvalue weighted by atomic mass is 10.0. The minimum Gasteiger partial charge on any atom is -0.353 e. The van der Waals surface area contributed by atoms with E-state index in [1.165, 1.54) is 6.07 Å². The molecular formula is C20H17FN6O. The number of carbonyl (C=O) groups is 1. The predicted octanol–water partition coefficient (Wildman–Crippen LogP) is 1.94. The summed E-state index contributed by atoms with van der Waals surface area (Å²) in [5.74, 6) is 0.367. The van der Waals surface area contributed by atoms with Gasteiger partial charge in [0.05, 0.1) is 24.0 Å². The number of piperazine rings is 1. The monoisotopic (exact) mass is 376 g/mol. The molecule has 0 spiro atoms. The molecule has 0 atom stereocenters. The number of fused-ring (bicyclic) bond motifs is 2. The van der Waals surface area contributed by atoms with E-state index in [-0.39, 0.29) is 18.3 Å². The first-order valence-electron chi connectivity index (χ1n) is 9.06. The minimum atomic E-state index is -0.301. The molecule has 3 aromatic heterocycles. The quantitative estimate of drug-likeness (QED) is 0.592. The predicted molar refractivity (Wildman–Crippen MR) is 103 cm³/mol. The zero-order valence-electron chi connectivity index (χ0n) is 15.0. The first-order chi connectivity index (χ1) is 13.7. The summed E-state index contributed by atoms with van der Waals surface area (Å²) in [7, 11) is 0. The van der Waals surface area contributed by atoms with Crippen LogP contribution in [0.3, 0.4) is 0 Å². The minimum absolute atomic E-state index is 0.0251. The molecule has 1 aliphatic heterocycles. The summed E-state index contributed by atoms with van der Waals surface area (Å²) in [6.45, 7) is 1.54. The summed E-state index contributed by atoms with van der Waals surface area (Å²) >= 11 is 0. The standard InChI is InChI=1S/C20H17FN6O/c21-16-4-3-13-2-1-7-23-20(13)15(16)10-14-11-24-17-5-6-18(25-27(14)17)26-9-8-22-19(28)12-26/h1-7,11H,8-10,12H2,(H,22,28). The molecule has 8 heteroatoms. The fourth-order valence-corrected chi connectivity index (χ4v) is 3.56. The van der Waals surface area contributed by atoms with E-state index in [1.807, 2.05) is 29.2 Å². The van der Waals surface area contributed by atoms with Gasteiger partial charge in [-0.1, -0.05) is 6.07 Å². The van der Waals surface area contributed by atoms with Crippen LogP contribution in [0.5, 0.6) is 0 Å². The molecule has 0 aliphatic carbocycles. The molecule has 1 aromatic carbocycles. The van der Waals surface area contributed by atoms with E-state index in [9.17, 15) is 9.18 Å². The second-order valence-electron chi connectivity index (χ2n) is 6.76. The molecule has 0 radical (unpaired) electrons. The van der Waals surface area contributed by atoms with Crippen molar-refractivity contribution in [1.29, 1.82) is 0 Å². The first-order valence-corrected chi connectivity index (χ1v) is 9.06. The number of pyridine rings is 1. The SMILES string of the molecule is O=C1CN(c2ccc3ncc(Cc4c(F)ccc5cccnc45)n3n2)CCN1. The maximum absolute atomic E-state index is 14.6. The Balaban J connectivity index is 1.56. The van der Waals surface area contributed by atoms with Crippen molar-refractivity contribution in [3.05, 3.63) is 65.9 Å². The highest BCUT2D eigenvalue weighted by atomic mass is 19.1. The number of halogens is 1. The maximum atomic E-state index is 14.6. The van der Waals surface area contributed by atoms with Crippen molar-refractivity contribution in [3.63, 3.8) is 0 Å². The highest BCUT2D eigenvalue weighted by Gasteiger charge is 2.19. The molecular weight excluding hydrogens is 359 g/mol. The van der Waals surface area contributed by atoms with Crippen molar-refractivity contribution in [1.82, 2.24) is 24.9 Å². The fraction of sp³-hybridized carbons (Fsp3) is 0.200. The number of benzene rings is 1. The molecule has 140 valence electrons. The Hall–Kier alpha value is -3.55. The van der Waals surface area contributed by atoms with E-state index in [0.29, 0.717) is 42.1 Å². The van der Waals surface area contributed by atoms with Gasteiger partial charge in [0.15, 0.2) is 5.65 Å². The second-order valence-corrected chi connectivity index (χ2v) is 6.76. The molecule has 1 saturated heterocycles. The molecule has 1 fully saturated rings. The first kappa shape index (κ1) is 16.6. The normalized spacial score (nSPS) is 14.6. The van der Waals surface area contributed by atoms with E-state index in [4.69, 9.17) is 0 Å². The van der Waals surface area contributed by atoms with Crippen LogP contribution in [-0.2, 0) is 11.2 Å². The molecule has 0 unspecified atom stereocenters. The molecule has 7 nitrogen and oxygen atoms in total. The summed E-state index contributed by atoms with van der Waals surface area (Å²) in [6.07, 6.45) is 3.69. The van der Waals surface area contributed by atoms with E-state index in [0.717, 1.165) is 11.1 Å². The number of hydrogen-bond donors (Lipinski definition) is 1. The Morgan fingerprint density at radius 2 is 2.07 bits per heavy atom. The summed E-state index contributed by atoms with van der Waals surface area (Å²) < 4.78 is 16.3. The lowest BCUT2D eigenvalue weighted by Gasteiger charge is -2.27. The number of imidazole rings is 1. The van der Waals surface area contributed by atoms with Crippen LogP contribution in [0.25, 0.3) is 16.6 Å². The molecule has 4 aromatic rings. The zero-order chi connectivity index (χ0) is 19.1. The van der Waals surface area contributed by atoms with Crippen LogP contribution in [0, 0.1) is 5.82 Å². The van der Waals surface area contributed by atoms with Crippen molar-refractivity contribution < 1.29 is 9.18 Å². The van der Waals surface area contributed by atoms with Gasteiger partial charge in [-0.2, -0.15) is 0 Å². The molecule has 5 rings (SSSR count). The van der Waals surface area contributed by atoms with Crippen molar-refractivity contribution in [3.8, 4) is 0 Å². The highest BCUT2D eigenvalue weighted by Crippen LogP contribution is 2.23. The van der Waals surface area contributed by atoms with Gasteiger partial charge in [0.25, 0.3) is 0 Å². The molecule has 1 N–H and O–H groups in total. The van der Waals surface area contributed by atoms with Gasteiger partial charge in [-0.25, -0.2) is 13.9 Å². The number of rotatable bonds is 3. The van der Waals surface area contributed by atoms with Gasteiger partial charge in [-0.05, 0) is 30.3 Å². The summed E-state index contributed by atoms with van der Waals surface area (Å²) in [5.41, 5.74) is 2.59. The van der Waals surface area contributed by atoms with E-state index in [2.05, 4.69) is 20.4 Å². The lowest BCUT2D eigenvalue weighted by molar-refractivity contribution is -0.120. The van der Waals surface area contributed by atoms with E-state index in [1.54, 1.807) is 23.0 Å². The molecule has 1 amide bonds. The third kappa shape index (κ3) is 2.83. The molecule has 28 heavy (non-hydrogen) atoms. The van der Waals surface area contributed by atoms with Gasteiger partial charge in [0.2, 0.25) is 5.91 Å². The van der Waals surface area contributed by atoms with Crippen LogP contribution in [0.4, 0.5) is 10.2 Å². The Morgan fingerprint density at radius 1 is 1.14 bits per heavy atom. The van der Waals surface area contributed by atoms with Gasteiger partial charge < -0.3 is 10.2 Å². The second kappa shape index (κ2) is 6.56. The number of hydrogen-bond acceptors (Lipinski definition) is 5. The Bertz CT molecular complexity index is 1200. The topological polar surface area (TPSA) is 75.4 Å². The van der Waals surface area contributed by atoms with Crippen molar-refractivity contribution in [2.45, 2.75) is 6.42 Å². The maximum Gasteiger partial charge on any atom is 0.239 e. The average molecular weight is 376 g/mol. The van der Waals surface area contributed by atoms with Crippen LogP contribution < -0.4 is 10.2 Å². The zero-order valence-corrected chi connectivity index (χ0v) is 15.0. The molecule has 4 heterocycles. The number of carbonyl (C=O) groups excluding carboxylic acids is 1. The average Bonchev–Trinajstić information content (AvgIpc) is 3.12. The van der Waals surface area contributed by atoms with Crippen molar-refractivity contribution in [2.75, 3.05) is 24.5 Å². The Kier molecular flexibility index (Phi) is 3.89. The van der Waals surface area contributed by atoms with Crippen LogP contribution in [0.1, 0.15) is 11.3 Å². The Labute approximate surface area is 159 Å². The van der Waals surface area contributed by atoms with Gasteiger partial charge in [0.1, 0.15) is 11.6 Å². The van der Waals surface area contributed by atoms with E-state index >= 15 is 0 Å². The van der Waals surface area contributed by atoms with Gasteiger partial charge in [0, 0.05) is 36.7 Å². The largest absolute Gasteiger partial charge is 0.353 e. The fourth-order valence-electron chi connectivity index (χ4n) is 3.56. The molecule has 0 saturated carbocycles. The summed E-state index contributed by atoms with van der Waals surface area (Å²) in [5, 5.41) is 8.35. The number of anilines is 1. The lowest BCUT2D eigenvalue weighted by Crippen LogP contribution is -2.48. The smallest absolute Gasteiger partial charge is 0.239 e. The molecule has 0 bridgehead atoms. The van der Waals surface area contributed by atoms with Gasteiger partial charge in [-0.3, -0.25) is 9.78 Å². The van der Waals surface area contributed by atoms with E-state index < -0.39 is 0 Å². The number of nitrogens with zero attached hydrogens (tertiary/aromatic N) is 5. The highest BCUT2D eigenvalue weighted by molar-refractivity contribution is 5.82. The third-order valence-electron chi connectivity index (χ3n) is 4.96. The van der Waals surface area contributed by atoms with Crippen LogP contribution in [0.15, 0.2) is 48.8 Å². The number of aromatic nitrogens is 4. The van der Waals surface area contributed by atoms with Crippen molar-refractivity contribution >= 4 is 28.3 Å². The van der Waals surface area contributed by atoms with Crippen molar-refractivity contribution in [2.24, 2.45) is 0 Å². The third-order valence-corrected chi connectivity index (χ3v) is 4.96. The van der Waals surface area contributed by atoms with Gasteiger partial charge >= 0.3 is 0 Å². The number of nitrogens with one attached hydrogen (secondary N) is 1. The molecule has 1 aliphatic rings. The Morgan fingerprint density at radius 3 is 2.96 bits per heavy atom. The van der Waals surface area contributed by atoms with Crippen LogP contribution in [0.2, 0.25) is 0 Å². The van der Waals surface area contributed by atoms with Crippen LogP contribution in [-0.4, -0.2) is 45.1 Å². The number of amides is 1. The van der Waals surface area contributed by atoms with Gasteiger partial charge in [-0.15, -0.1) is 5.10 Å². The summed E-state index contributed by atoms with van der Waals surface area (Å²) in [6, 6.07) is 10.7.